The van der Waals surface area contributed by atoms with E-state index < -0.39 is 0 Å². The van der Waals surface area contributed by atoms with Gasteiger partial charge in [-0.1, -0.05) is 0 Å². The Morgan fingerprint density at radius 3 is 3.14 bits per heavy atom. The Kier molecular flexibility index (Phi) is 3.72. The average Bonchev–Trinajstić information content (AvgIpc) is 3.16. The summed E-state index contributed by atoms with van der Waals surface area (Å²) < 4.78 is 10.3. The number of fused-ring (bicyclic) bond motifs is 1. The van der Waals surface area contributed by atoms with Crippen molar-refractivity contribution in [1.82, 2.24) is 24.2 Å². The molecule has 0 saturated carbocycles. The van der Waals surface area contributed by atoms with Crippen LogP contribution in [-0.2, 0) is 24.9 Å². The van der Waals surface area contributed by atoms with Crippen LogP contribution in [0.15, 0.2) is 24.7 Å². The maximum atomic E-state index is 6.10. The zero-order valence-electron chi connectivity index (χ0n) is 13.1. The van der Waals surface area contributed by atoms with Gasteiger partial charge in [0.05, 0.1) is 12.2 Å². The standard InChI is InChI=1S/C16H23N5O/c1-19-14(4-5-18-19)16-13(3-2-10-22-16)11-20-8-9-21-7-6-17-15(21)12-20/h4-7,13,16H,2-3,8-12H2,1H3/t13-,16+/m0/s1. The highest BCUT2D eigenvalue weighted by Crippen LogP contribution is 2.34. The molecule has 0 aliphatic carbocycles. The van der Waals surface area contributed by atoms with Crippen molar-refractivity contribution in [2.24, 2.45) is 13.0 Å². The van der Waals surface area contributed by atoms with E-state index in [1.807, 2.05) is 24.1 Å². The summed E-state index contributed by atoms with van der Waals surface area (Å²) in [6.45, 7) is 5.01. The SMILES string of the molecule is Cn1nccc1[C@@H]1OCCC[C@H]1CN1CCn2ccnc2C1. The summed E-state index contributed by atoms with van der Waals surface area (Å²) >= 11 is 0. The Morgan fingerprint density at radius 2 is 2.27 bits per heavy atom. The van der Waals surface area contributed by atoms with Gasteiger partial charge in [0.2, 0.25) is 0 Å². The maximum Gasteiger partial charge on any atom is 0.122 e. The van der Waals surface area contributed by atoms with Gasteiger partial charge >= 0.3 is 0 Å². The summed E-state index contributed by atoms with van der Waals surface area (Å²) in [5.74, 6) is 1.71. The second kappa shape index (κ2) is 5.85. The van der Waals surface area contributed by atoms with Gasteiger partial charge < -0.3 is 9.30 Å². The molecule has 2 aromatic rings. The zero-order chi connectivity index (χ0) is 14.9. The third kappa shape index (κ3) is 2.57. The molecular weight excluding hydrogens is 278 g/mol. The van der Waals surface area contributed by atoms with E-state index in [4.69, 9.17) is 4.74 Å². The van der Waals surface area contributed by atoms with Gasteiger partial charge in [-0.25, -0.2) is 4.98 Å². The van der Waals surface area contributed by atoms with Crippen molar-refractivity contribution in [1.29, 1.82) is 0 Å². The Morgan fingerprint density at radius 1 is 1.32 bits per heavy atom. The minimum Gasteiger partial charge on any atom is -0.372 e. The van der Waals surface area contributed by atoms with Crippen LogP contribution in [-0.4, -0.2) is 43.9 Å². The van der Waals surface area contributed by atoms with Crippen LogP contribution in [0.3, 0.4) is 0 Å². The third-order valence-electron chi connectivity index (χ3n) is 4.91. The van der Waals surface area contributed by atoms with E-state index in [1.54, 1.807) is 0 Å². The number of hydrogen-bond acceptors (Lipinski definition) is 4. The van der Waals surface area contributed by atoms with Gasteiger partial charge in [-0.2, -0.15) is 5.10 Å². The van der Waals surface area contributed by atoms with Crippen LogP contribution in [0.25, 0.3) is 0 Å². The molecule has 0 aromatic carbocycles. The van der Waals surface area contributed by atoms with Gasteiger partial charge in [0, 0.05) is 57.8 Å². The van der Waals surface area contributed by atoms with Gasteiger partial charge in [-0.3, -0.25) is 9.58 Å². The quantitative estimate of drug-likeness (QED) is 0.864. The van der Waals surface area contributed by atoms with E-state index in [-0.39, 0.29) is 6.10 Å². The van der Waals surface area contributed by atoms with Crippen LogP contribution >= 0.6 is 0 Å². The summed E-state index contributed by atoms with van der Waals surface area (Å²) in [6, 6.07) is 2.09. The van der Waals surface area contributed by atoms with E-state index in [9.17, 15) is 0 Å². The molecule has 0 unspecified atom stereocenters. The number of hydrogen-bond donors (Lipinski definition) is 0. The van der Waals surface area contributed by atoms with Crippen molar-refractivity contribution in [3.05, 3.63) is 36.2 Å². The third-order valence-corrected chi connectivity index (χ3v) is 4.91. The molecule has 1 saturated heterocycles. The van der Waals surface area contributed by atoms with Crippen molar-refractivity contribution in [3.8, 4) is 0 Å². The lowest BCUT2D eigenvalue weighted by atomic mass is 9.91. The molecule has 1 fully saturated rings. The molecule has 6 heteroatoms. The summed E-state index contributed by atoms with van der Waals surface area (Å²) in [4.78, 5) is 6.98. The first-order valence-electron chi connectivity index (χ1n) is 8.13. The van der Waals surface area contributed by atoms with E-state index >= 15 is 0 Å². The van der Waals surface area contributed by atoms with Crippen molar-refractivity contribution in [2.75, 3.05) is 19.7 Å². The predicted octanol–water partition coefficient (Wildman–Crippen LogP) is 1.60. The Hall–Kier alpha value is -1.66. The topological polar surface area (TPSA) is 48.1 Å². The fraction of sp³-hybridized carbons (Fsp3) is 0.625. The Balaban J connectivity index is 1.48. The van der Waals surface area contributed by atoms with Crippen molar-refractivity contribution in [2.45, 2.75) is 32.0 Å². The number of rotatable bonds is 3. The number of imidazole rings is 1. The van der Waals surface area contributed by atoms with E-state index in [1.165, 1.54) is 17.9 Å². The van der Waals surface area contributed by atoms with Crippen LogP contribution in [0.5, 0.6) is 0 Å². The molecular formula is C16H23N5O. The summed E-state index contributed by atoms with van der Waals surface area (Å²) in [5, 5.41) is 4.31. The van der Waals surface area contributed by atoms with E-state index in [2.05, 4.69) is 31.8 Å². The van der Waals surface area contributed by atoms with Gasteiger partial charge in [0.15, 0.2) is 0 Å². The molecule has 118 valence electrons. The summed E-state index contributed by atoms with van der Waals surface area (Å²) in [5.41, 5.74) is 1.20. The van der Waals surface area contributed by atoms with Crippen molar-refractivity contribution in [3.63, 3.8) is 0 Å². The fourth-order valence-electron chi connectivity index (χ4n) is 3.73. The molecule has 2 aromatic heterocycles. The molecule has 2 atom stereocenters. The number of nitrogens with zero attached hydrogens (tertiary/aromatic N) is 5. The molecule has 22 heavy (non-hydrogen) atoms. The minimum absolute atomic E-state index is 0.169. The Bertz CT molecular complexity index is 634. The molecule has 0 spiro atoms. The number of aryl methyl sites for hydroxylation is 1. The monoisotopic (exact) mass is 301 g/mol. The highest BCUT2D eigenvalue weighted by molar-refractivity contribution is 5.07. The van der Waals surface area contributed by atoms with Crippen LogP contribution in [0.1, 0.15) is 30.5 Å². The van der Waals surface area contributed by atoms with Crippen LogP contribution in [0.2, 0.25) is 0 Å². The first-order chi connectivity index (χ1) is 10.8. The first kappa shape index (κ1) is 14.0. The fourth-order valence-corrected chi connectivity index (χ4v) is 3.73. The molecule has 2 aliphatic rings. The van der Waals surface area contributed by atoms with E-state index in [0.717, 1.165) is 39.2 Å². The molecule has 2 aliphatic heterocycles. The molecule has 0 amide bonds. The molecule has 0 bridgehead atoms. The van der Waals surface area contributed by atoms with Gasteiger partial charge in [0.1, 0.15) is 11.9 Å². The first-order valence-corrected chi connectivity index (χ1v) is 8.13. The smallest absolute Gasteiger partial charge is 0.122 e. The van der Waals surface area contributed by atoms with Crippen LogP contribution in [0, 0.1) is 5.92 Å². The van der Waals surface area contributed by atoms with Crippen molar-refractivity contribution < 1.29 is 4.74 Å². The normalized spacial score (nSPS) is 26.0. The second-order valence-corrected chi connectivity index (χ2v) is 6.35. The van der Waals surface area contributed by atoms with Crippen molar-refractivity contribution >= 4 is 0 Å². The van der Waals surface area contributed by atoms with Crippen LogP contribution < -0.4 is 0 Å². The highest BCUT2D eigenvalue weighted by Gasteiger charge is 2.31. The van der Waals surface area contributed by atoms with E-state index in [0.29, 0.717) is 5.92 Å². The molecule has 4 heterocycles. The lowest BCUT2D eigenvalue weighted by molar-refractivity contribution is -0.0454. The highest BCUT2D eigenvalue weighted by atomic mass is 16.5. The number of ether oxygens (including phenoxy) is 1. The maximum absolute atomic E-state index is 6.10. The molecule has 4 rings (SSSR count). The molecule has 6 nitrogen and oxygen atoms in total. The van der Waals surface area contributed by atoms with Crippen LogP contribution in [0.4, 0.5) is 0 Å². The summed E-state index contributed by atoms with van der Waals surface area (Å²) in [6.07, 6.45) is 8.39. The van der Waals surface area contributed by atoms with Gasteiger partial charge in [-0.05, 0) is 18.9 Å². The minimum atomic E-state index is 0.169. The Labute approximate surface area is 130 Å². The molecule has 0 radical (unpaired) electrons. The summed E-state index contributed by atoms with van der Waals surface area (Å²) in [7, 11) is 2.00. The van der Waals surface area contributed by atoms with Gasteiger partial charge in [-0.15, -0.1) is 0 Å². The largest absolute Gasteiger partial charge is 0.372 e. The van der Waals surface area contributed by atoms with Gasteiger partial charge in [0.25, 0.3) is 0 Å². The molecule has 0 N–H and O–H groups in total. The lowest BCUT2D eigenvalue weighted by Gasteiger charge is -2.37. The number of aromatic nitrogens is 4. The average molecular weight is 301 g/mol. The zero-order valence-corrected chi connectivity index (χ0v) is 13.1. The lowest BCUT2D eigenvalue weighted by Crippen LogP contribution is -2.40. The predicted molar refractivity (Wildman–Crippen MR) is 82.1 cm³/mol. The second-order valence-electron chi connectivity index (χ2n) is 6.35.